The molecule has 0 fully saturated rings. The van der Waals surface area contributed by atoms with E-state index >= 15 is 0 Å². The van der Waals surface area contributed by atoms with E-state index in [1.165, 1.54) is 7.11 Å². The predicted octanol–water partition coefficient (Wildman–Crippen LogP) is 1.04. The molecule has 2 rings (SSSR count). The highest BCUT2D eigenvalue weighted by atomic mass is 16.5. The average molecular weight is 402 g/mol. The summed E-state index contributed by atoms with van der Waals surface area (Å²) in [6, 6.07) is 6.29. The number of methoxy groups -OCH3 is 1. The van der Waals surface area contributed by atoms with Crippen LogP contribution in [0, 0.1) is 13.8 Å². The molecule has 2 aromatic rings. The lowest BCUT2D eigenvalue weighted by molar-refractivity contribution is -0.142. The number of carbonyl (C=O) groups is 2. The number of nitrogens with one attached hydrogen (secondary N) is 1. The molecule has 4 N–H and O–H groups in total. The molecule has 0 saturated carbocycles. The molecule has 1 amide bonds. The Labute approximate surface area is 169 Å². The number of esters is 1. The summed E-state index contributed by atoms with van der Waals surface area (Å²) in [5.41, 5.74) is 7.64. The molecule has 0 aliphatic heterocycles. The number of aromatic nitrogens is 2. The van der Waals surface area contributed by atoms with Gasteiger partial charge in [0.2, 0.25) is 0 Å². The van der Waals surface area contributed by atoms with Crippen LogP contribution in [-0.2, 0) is 16.0 Å². The first-order chi connectivity index (χ1) is 13.8. The van der Waals surface area contributed by atoms with Crippen molar-refractivity contribution < 1.29 is 24.2 Å². The molecule has 0 radical (unpaired) electrons. The fourth-order valence-corrected chi connectivity index (χ4v) is 2.82. The minimum atomic E-state index is -0.945. The standard InChI is InChI=1S/C20H26N4O5/c1-12-17(18(26)24-16(11-21)19(27)28-3)13(2)23-20(22-12)29-9-5-7-14-6-4-8-15(25)10-14/h4,6,8,10,16,25H,5,7,9,11,21H2,1-3H3,(H,24,26). The van der Waals surface area contributed by atoms with Gasteiger partial charge in [-0.1, -0.05) is 12.1 Å². The van der Waals surface area contributed by atoms with E-state index < -0.39 is 17.9 Å². The van der Waals surface area contributed by atoms with Gasteiger partial charge in [-0.15, -0.1) is 0 Å². The SMILES string of the molecule is COC(=O)C(CN)NC(=O)c1c(C)nc(OCCCc2cccc(O)c2)nc1C. The molecule has 1 aromatic carbocycles. The number of phenolic OH excluding ortho intramolecular Hbond substituents is 1. The molecular weight excluding hydrogens is 376 g/mol. The van der Waals surface area contributed by atoms with Crippen LogP contribution in [0.4, 0.5) is 0 Å². The van der Waals surface area contributed by atoms with Gasteiger partial charge >= 0.3 is 12.0 Å². The summed E-state index contributed by atoms with van der Waals surface area (Å²) in [7, 11) is 1.23. The lowest BCUT2D eigenvalue weighted by atomic mass is 10.1. The molecule has 0 bridgehead atoms. The third-order valence-electron chi connectivity index (χ3n) is 4.26. The molecule has 9 nitrogen and oxygen atoms in total. The van der Waals surface area contributed by atoms with E-state index in [9.17, 15) is 14.7 Å². The van der Waals surface area contributed by atoms with Crippen molar-refractivity contribution >= 4 is 11.9 Å². The van der Waals surface area contributed by atoms with Crippen molar-refractivity contribution in [3.05, 3.63) is 46.8 Å². The van der Waals surface area contributed by atoms with E-state index in [-0.39, 0.29) is 23.9 Å². The highest BCUT2D eigenvalue weighted by molar-refractivity contribution is 5.98. The number of hydrogen-bond acceptors (Lipinski definition) is 8. The quantitative estimate of drug-likeness (QED) is 0.418. The van der Waals surface area contributed by atoms with Crippen LogP contribution in [0.15, 0.2) is 24.3 Å². The summed E-state index contributed by atoms with van der Waals surface area (Å²) in [6.07, 6.45) is 1.45. The number of hydrogen-bond donors (Lipinski definition) is 3. The largest absolute Gasteiger partial charge is 0.508 e. The number of rotatable bonds is 9. The Balaban J connectivity index is 1.97. The van der Waals surface area contributed by atoms with Crippen molar-refractivity contribution in [3.63, 3.8) is 0 Å². The van der Waals surface area contributed by atoms with Gasteiger partial charge in [-0.3, -0.25) is 4.79 Å². The maximum Gasteiger partial charge on any atom is 0.329 e. The van der Waals surface area contributed by atoms with Crippen LogP contribution < -0.4 is 15.8 Å². The summed E-state index contributed by atoms with van der Waals surface area (Å²) in [4.78, 5) is 32.6. The predicted molar refractivity (Wildman–Crippen MR) is 106 cm³/mol. The van der Waals surface area contributed by atoms with E-state index in [2.05, 4.69) is 20.0 Å². The molecular formula is C20H26N4O5. The summed E-state index contributed by atoms with van der Waals surface area (Å²) in [5, 5.41) is 12.0. The summed E-state index contributed by atoms with van der Waals surface area (Å²) >= 11 is 0. The summed E-state index contributed by atoms with van der Waals surface area (Å²) < 4.78 is 10.2. The average Bonchev–Trinajstić information content (AvgIpc) is 2.68. The van der Waals surface area contributed by atoms with Gasteiger partial charge in [0.25, 0.3) is 5.91 Å². The van der Waals surface area contributed by atoms with E-state index in [1.807, 2.05) is 6.07 Å². The number of aromatic hydroxyl groups is 1. The first-order valence-electron chi connectivity index (χ1n) is 9.20. The number of nitrogens with two attached hydrogens (primary N) is 1. The fraction of sp³-hybridized carbons (Fsp3) is 0.400. The van der Waals surface area contributed by atoms with Gasteiger partial charge in [-0.2, -0.15) is 9.97 Å². The van der Waals surface area contributed by atoms with E-state index in [4.69, 9.17) is 10.5 Å². The number of aryl methyl sites for hydroxylation is 3. The lowest BCUT2D eigenvalue weighted by Crippen LogP contribution is -2.46. The maximum absolute atomic E-state index is 12.5. The van der Waals surface area contributed by atoms with E-state index in [0.717, 1.165) is 12.0 Å². The molecule has 1 atom stereocenters. The Morgan fingerprint density at radius 2 is 1.93 bits per heavy atom. The van der Waals surface area contributed by atoms with Gasteiger partial charge in [0.1, 0.15) is 11.8 Å². The molecule has 0 aliphatic rings. The van der Waals surface area contributed by atoms with Gasteiger partial charge in [0.15, 0.2) is 0 Å². The lowest BCUT2D eigenvalue weighted by Gasteiger charge is -2.16. The van der Waals surface area contributed by atoms with Crippen molar-refractivity contribution in [2.75, 3.05) is 20.3 Å². The van der Waals surface area contributed by atoms with Crippen molar-refractivity contribution in [2.45, 2.75) is 32.7 Å². The molecule has 0 aliphatic carbocycles. The second-order valence-electron chi connectivity index (χ2n) is 6.46. The van der Waals surface area contributed by atoms with Gasteiger partial charge in [-0.25, -0.2) is 4.79 Å². The Kier molecular flexibility index (Phi) is 7.90. The number of benzene rings is 1. The fourth-order valence-electron chi connectivity index (χ4n) is 2.82. The van der Waals surface area contributed by atoms with Crippen LogP contribution in [0.5, 0.6) is 11.8 Å². The number of carbonyl (C=O) groups excluding carboxylic acids is 2. The van der Waals surface area contributed by atoms with E-state index in [0.29, 0.717) is 24.4 Å². The maximum atomic E-state index is 12.5. The zero-order valence-corrected chi connectivity index (χ0v) is 16.8. The molecule has 1 aromatic heterocycles. The Hall–Kier alpha value is -3.20. The van der Waals surface area contributed by atoms with Gasteiger partial charge in [0.05, 0.1) is 30.7 Å². The van der Waals surface area contributed by atoms with Crippen LogP contribution in [0.2, 0.25) is 0 Å². The second-order valence-corrected chi connectivity index (χ2v) is 6.46. The third-order valence-corrected chi connectivity index (χ3v) is 4.26. The summed E-state index contributed by atoms with van der Waals surface area (Å²) in [6.45, 7) is 3.63. The molecule has 1 heterocycles. The Morgan fingerprint density at radius 3 is 2.52 bits per heavy atom. The first-order valence-corrected chi connectivity index (χ1v) is 9.20. The van der Waals surface area contributed by atoms with E-state index in [1.54, 1.807) is 32.0 Å². The van der Waals surface area contributed by atoms with Gasteiger partial charge in [0, 0.05) is 6.54 Å². The zero-order valence-electron chi connectivity index (χ0n) is 16.8. The minimum absolute atomic E-state index is 0.0856. The minimum Gasteiger partial charge on any atom is -0.508 e. The number of nitrogens with zero attached hydrogens (tertiary/aromatic N) is 2. The highest BCUT2D eigenvalue weighted by Crippen LogP contribution is 2.16. The van der Waals surface area contributed by atoms with Crippen LogP contribution >= 0.6 is 0 Å². The van der Waals surface area contributed by atoms with Crippen LogP contribution in [0.3, 0.4) is 0 Å². The topological polar surface area (TPSA) is 137 Å². The number of amides is 1. The summed E-state index contributed by atoms with van der Waals surface area (Å²) in [5.74, 6) is -0.893. The molecule has 29 heavy (non-hydrogen) atoms. The normalized spacial score (nSPS) is 11.6. The molecule has 0 spiro atoms. The molecule has 156 valence electrons. The number of phenols is 1. The zero-order chi connectivity index (χ0) is 21.4. The van der Waals surface area contributed by atoms with Gasteiger partial charge < -0.3 is 25.6 Å². The van der Waals surface area contributed by atoms with Crippen molar-refractivity contribution in [1.82, 2.24) is 15.3 Å². The van der Waals surface area contributed by atoms with Crippen LogP contribution in [0.1, 0.15) is 33.7 Å². The van der Waals surface area contributed by atoms with Crippen LogP contribution in [0.25, 0.3) is 0 Å². The van der Waals surface area contributed by atoms with Gasteiger partial charge in [-0.05, 0) is 44.4 Å². The van der Waals surface area contributed by atoms with Crippen molar-refractivity contribution in [1.29, 1.82) is 0 Å². The van der Waals surface area contributed by atoms with Crippen molar-refractivity contribution in [2.24, 2.45) is 5.73 Å². The highest BCUT2D eigenvalue weighted by Gasteiger charge is 2.23. The Morgan fingerprint density at radius 1 is 1.24 bits per heavy atom. The second kappa shape index (κ2) is 10.4. The smallest absolute Gasteiger partial charge is 0.329 e. The van der Waals surface area contributed by atoms with Crippen molar-refractivity contribution in [3.8, 4) is 11.8 Å². The third kappa shape index (κ3) is 6.15. The number of ether oxygens (including phenoxy) is 2. The molecule has 0 saturated heterocycles. The monoisotopic (exact) mass is 402 g/mol. The molecule has 1 unspecified atom stereocenters. The van der Waals surface area contributed by atoms with Crippen LogP contribution in [-0.4, -0.2) is 53.3 Å². The molecule has 9 heteroatoms. The Bertz CT molecular complexity index is 849. The first kappa shape index (κ1) is 22.1.